The van der Waals surface area contributed by atoms with Crippen LogP contribution in [0, 0.1) is 6.92 Å². The fourth-order valence-electron chi connectivity index (χ4n) is 1.38. The third kappa shape index (κ3) is 3.74. The normalized spacial score (nSPS) is 11.2. The molecular weight excluding hydrogens is 260 g/mol. The van der Waals surface area contributed by atoms with E-state index < -0.39 is 11.7 Å². The van der Waals surface area contributed by atoms with Crippen molar-refractivity contribution < 1.29 is 9.53 Å². The molecule has 0 spiro atoms. The lowest BCUT2D eigenvalue weighted by Crippen LogP contribution is -2.27. The van der Waals surface area contributed by atoms with Gasteiger partial charge in [0.15, 0.2) is 11.6 Å². The van der Waals surface area contributed by atoms with Crippen molar-refractivity contribution in [3.05, 3.63) is 24.2 Å². The molecule has 0 aliphatic heterocycles. The number of tetrazole rings is 1. The molecule has 0 aliphatic rings. The van der Waals surface area contributed by atoms with Crippen LogP contribution in [0.5, 0.6) is 0 Å². The van der Waals surface area contributed by atoms with E-state index >= 15 is 0 Å². The van der Waals surface area contributed by atoms with Gasteiger partial charge in [0.05, 0.1) is 11.9 Å². The van der Waals surface area contributed by atoms with E-state index in [9.17, 15) is 4.79 Å². The van der Waals surface area contributed by atoms with Crippen LogP contribution in [0.4, 0.5) is 10.5 Å². The lowest BCUT2D eigenvalue weighted by molar-refractivity contribution is 0.0636. The molecule has 2 rings (SSSR count). The van der Waals surface area contributed by atoms with Crippen LogP contribution in [-0.4, -0.2) is 36.9 Å². The molecule has 0 saturated carbocycles. The fraction of sp³-hybridized carbons (Fsp3) is 0.417. The number of carbonyl (C=O) groups excluding carboxylic acids is 1. The van der Waals surface area contributed by atoms with E-state index in [-0.39, 0.29) is 0 Å². The highest BCUT2D eigenvalue weighted by Gasteiger charge is 2.16. The number of aromatic nitrogens is 5. The van der Waals surface area contributed by atoms with Crippen molar-refractivity contribution in [3.8, 4) is 5.82 Å². The third-order valence-electron chi connectivity index (χ3n) is 2.11. The van der Waals surface area contributed by atoms with Gasteiger partial charge in [-0.25, -0.2) is 9.78 Å². The van der Waals surface area contributed by atoms with Gasteiger partial charge in [0, 0.05) is 0 Å². The first-order valence-corrected chi connectivity index (χ1v) is 6.06. The molecule has 2 aromatic heterocycles. The number of amides is 1. The maximum absolute atomic E-state index is 11.6. The Morgan fingerprint density at radius 3 is 2.60 bits per heavy atom. The molecule has 0 aromatic carbocycles. The summed E-state index contributed by atoms with van der Waals surface area (Å²) in [6, 6.07) is 3.36. The number of aryl methyl sites for hydroxylation is 1. The summed E-state index contributed by atoms with van der Waals surface area (Å²) in [4.78, 5) is 17.0. The van der Waals surface area contributed by atoms with Gasteiger partial charge in [-0.15, -0.1) is 15.0 Å². The standard InChI is InChI=1S/C12H16N6O2/c1-8-15-17-18(16-8)10-6-5-9(7-13-10)14-11(19)20-12(2,3)4/h5-7H,1-4H3,(H,14,19). The van der Waals surface area contributed by atoms with Gasteiger partial charge < -0.3 is 4.74 Å². The van der Waals surface area contributed by atoms with E-state index in [2.05, 4.69) is 25.7 Å². The average Bonchev–Trinajstić information content (AvgIpc) is 2.74. The first kappa shape index (κ1) is 13.9. The van der Waals surface area contributed by atoms with E-state index in [1.807, 2.05) is 0 Å². The minimum Gasteiger partial charge on any atom is -0.444 e. The highest BCUT2D eigenvalue weighted by atomic mass is 16.6. The van der Waals surface area contributed by atoms with Gasteiger partial charge in [0.25, 0.3) is 0 Å². The molecule has 106 valence electrons. The highest BCUT2D eigenvalue weighted by Crippen LogP contribution is 2.12. The largest absolute Gasteiger partial charge is 0.444 e. The van der Waals surface area contributed by atoms with Crippen LogP contribution in [0.1, 0.15) is 26.6 Å². The van der Waals surface area contributed by atoms with Crippen LogP contribution < -0.4 is 5.32 Å². The molecule has 0 atom stereocenters. The fourth-order valence-corrected chi connectivity index (χ4v) is 1.38. The quantitative estimate of drug-likeness (QED) is 0.897. The number of ether oxygens (including phenoxy) is 1. The molecule has 2 aromatic rings. The molecule has 8 nitrogen and oxygen atoms in total. The zero-order chi connectivity index (χ0) is 14.8. The van der Waals surface area contributed by atoms with E-state index in [1.165, 1.54) is 11.0 Å². The Labute approximate surface area is 116 Å². The minimum absolute atomic E-state index is 0.514. The Kier molecular flexibility index (Phi) is 3.64. The molecule has 0 bridgehead atoms. The molecule has 20 heavy (non-hydrogen) atoms. The third-order valence-corrected chi connectivity index (χ3v) is 2.11. The van der Waals surface area contributed by atoms with Crippen molar-refractivity contribution in [1.29, 1.82) is 0 Å². The predicted octanol–water partition coefficient (Wildman–Crippen LogP) is 1.71. The second-order valence-corrected chi connectivity index (χ2v) is 5.16. The minimum atomic E-state index is -0.542. The van der Waals surface area contributed by atoms with Crippen LogP contribution >= 0.6 is 0 Å². The van der Waals surface area contributed by atoms with E-state index in [4.69, 9.17) is 4.74 Å². The number of carbonyl (C=O) groups is 1. The van der Waals surface area contributed by atoms with Crippen LogP contribution in [0.25, 0.3) is 5.82 Å². The van der Waals surface area contributed by atoms with Crippen molar-refractivity contribution in [2.75, 3.05) is 5.32 Å². The van der Waals surface area contributed by atoms with Crippen LogP contribution in [0.15, 0.2) is 18.3 Å². The molecule has 0 radical (unpaired) electrons. The van der Waals surface area contributed by atoms with E-state index in [0.717, 1.165) is 0 Å². The molecule has 1 amide bonds. The summed E-state index contributed by atoms with van der Waals surface area (Å²) in [5.74, 6) is 1.07. The summed E-state index contributed by atoms with van der Waals surface area (Å²) in [7, 11) is 0. The Morgan fingerprint density at radius 1 is 1.35 bits per heavy atom. The first-order valence-electron chi connectivity index (χ1n) is 6.06. The molecule has 2 heterocycles. The van der Waals surface area contributed by atoms with Gasteiger partial charge in [0.2, 0.25) is 0 Å². The number of anilines is 1. The maximum atomic E-state index is 11.6. The van der Waals surface area contributed by atoms with Crippen LogP contribution in [-0.2, 0) is 4.74 Å². The molecule has 0 fully saturated rings. The number of rotatable bonds is 2. The smallest absolute Gasteiger partial charge is 0.412 e. The van der Waals surface area contributed by atoms with Crippen molar-refractivity contribution in [3.63, 3.8) is 0 Å². The van der Waals surface area contributed by atoms with Crippen molar-refractivity contribution in [1.82, 2.24) is 25.2 Å². The number of nitrogens with one attached hydrogen (secondary N) is 1. The molecule has 8 heteroatoms. The Hall–Kier alpha value is -2.51. The van der Waals surface area contributed by atoms with Gasteiger partial charge in [-0.05, 0) is 45.0 Å². The SMILES string of the molecule is Cc1nnn(-c2ccc(NC(=O)OC(C)(C)C)cn2)n1. The average molecular weight is 276 g/mol. The molecular formula is C12H16N6O2. The summed E-state index contributed by atoms with van der Waals surface area (Å²) >= 11 is 0. The van der Waals surface area contributed by atoms with Crippen molar-refractivity contribution in [2.24, 2.45) is 0 Å². The molecule has 0 unspecified atom stereocenters. The number of pyridine rings is 1. The summed E-state index contributed by atoms with van der Waals surface area (Å²) in [6.07, 6.45) is 0.972. The number of hydrogen-bond donors (Lipinski definition) is 1. The van der Waals surface area contributed by atoms with Crippen molar-refractivity contribution in [2.45, 2.75) is 33.3 Å². The second-order valence-electron chi connectivity index (χ2n) is 5.16. The summed E-state index contributed by atoms with van der Waals surface area (Å²) in [5.41, 5.74) is -0.0144. The zero-order valence-electron chi connectivity index (χ0n) is 11.8. The zero-order valence-corrected chi connectivity index (χ0v) is 11.8. The highest BCUT2D eigenvalue weighted by molar-refractivity contribution is 5.84. The van der Waals surface area contributed by atoms with Crippen molar-refractivity contribution >= 4 is 11.8 Å². The molecule has 0 aliphatic carbocycles. The van der Waals surface area contributed by atoms with Gasteiger partial charge in [0.1, 0.15) is 5.60 Å². The van der Waals surface area contributed by atoms with Gasteiger partial charge >= 0.3 is 6.09 Å². The monoisotopic (exact) mass is 276 g/mol. The van der Waals surface area contributed by atoms with Gasteiger partial charge in [-0.2, -0.15) is 0 Å². The van der Waals surface area contributed by atoms with Gasteiger partial charge in [-0.3, -0.25) is 5.32 Å². The summed E-state index contributed by atoms with van der Waals surface area (Å²) < 4.78 is 5.14. The summed E-state index contributed by atoms with van der Waals surface area (Å²) in [6.45, 7) is 7.13. The Morgan fingerprint density at radius 2 is 2.10 bits per heavy atom. The molecule has 0 saturated heterocycles. The number of nitrogens with zero attached hydrogens (tertiary/aromatic N) is 5. The second kappa shape index (κ2) is 5.24. The molecule has 1 N–H and O–H groups in total. The predicted molar refractivity (Wildman–Crippen MR) is 71.5 cm³/mol. The lowest BCUT2D eigenvalue weighted by Gasteiger charge is -2.19. The van der Waals surface area contributed by atoms with Crippen LogP contribution in [0.2, 0.25) is 0 Å². The van der Waals surface area contributed by atoms with Crippen LogP contribution in [0.3, 0.4) is 0 Å². The summed E-state index contributed by atoms with van der Waals surface area (Å²) in [5, 5.41) is 14.2. The maximum Gasteiger partial charge on any atom is 0.412 e. The Bertz CT molecular complexity index is 599. The van der Waals surface area contributed by atoms with E-state index in [0.29, 0.717) is 17.3 Å². The Balaban J connectivity index is 2.03. The topological polar surface area (TPSA) is 94.8 Å². The first-order chi connectivity index (χ1) is 9.33. The lowest BCUT2D eigenvalue weighted by atomic mass is 10.2. The van der Waals surface area contributed by atoms with E-state index in [1.54, 1.807) is 39.8 Å². The van der Waals surface area contributed by atoms with Gasteiger partial charge in [-0.1, -0.05) is 0 Å². The number of hydrogen-bond acceptors (Lipinski definition) is 6.